The molecule has 2 nitrogen and oxygen atoms in total. The summed E-state index contributed by atoms with van der Waals surface area (Å²) < 4.78 is 1.92. The second kappa shape index (κ2) is 2.21. The van der Waals surface area contributed by atoms with Crippen molar-refractivity contribution in [3.63, 3.8) is 0 Å². The van der Waals surface area contributed by atoms with E-state index in [1.807, 2.05) is 11.6 Å². The molecule has 0 spiro atoms. The number of rotatable bonds is 1. The fraction of sp³-hybridized carbons (Fsp3) is 0.571. The van der Waals surface area contributed by atoms with Gasteiger partial charge in [0, 0.05) is 12.7 Å². The third-order valence-corrected chi connectivity index (χ3v) is 1.59. The average Bonchev–Trinajstić information content (AvgIpc) is 2.15. The van der Waals surface area contributed by atoms with Crippen molar-refractivity contribution in [2.24, 2.45) is 7.05 Å². The molecule has 0 saturated carbocycles. The van der Waals surface area contributed by atoms with E-state index in [4.69, 9.17) is 0 Å². The van der Waals surface area contributed by atoms with Crippen LogP contribution in [-0.2, 0) is 13.5 Å². The maximum Gasteiger partial charge on any atom is 0.176 e. The molecule has 1 heterocycles. The Hall–Kier alpha value is -0.790. The SMILES string of the molecule is CCc1n[c]n(C)c1C. The molecule has 1 aromatic heterocycles. The zero-order valence-corrected chi connectivity index (χ0v) is 6.10. The van der Waals surface area contributed by atoms with Crippen molar-refractivity contribution in [1.29, 1.82) is 0 Å². The summed E-state index contributed by atoms with van der Waals surface area (Å²) in [6.45, 7) is 4.16. The van der Waals surface area contributed by atoms with Crippen molar-refractivity contribution in [2.75, 3.05) is 0 Å². The Bertz CT molecular complexity index is 201. The van der Waals surface area contributed by atoms with Crippen LogP contribution in [-0.4, -0.2) is 9.55 Å². The number of aryl methyl sites for hydroxylation is 2. The molecule has 0 aliphatic rings. The lowest BCUT2D eigenvalue weighted by Crippen LogP contribution is -1.90. The average molecular weight is 123 g/mol. The van der Waals surface area contributed by atoms with Gasteiger partial charge in [-0.15, -0.1) is 0 Å². The molecule has 0 fully saturated rings. The predicted octanol–water partition coefficient (Wildman–Crippen LogP) is 1.09. The minimum Gasteiger partial charge on any atom is -0.329 e. The molecule has 0 bridgehead atoms. The standard InChI is InChI=1S/C7H11N2/c1-4-7-6(2)9(3)5-8-7/h4H2,1-3H3. The monoisotopic (exact) mass is 123 g/mol. The predicted molar refractivity (Wildman–Crippen MR) is 36.2 cm³/mol. The maximum absolute atomic E-state index is 4.07. The zero-order chi connectivity index (χ0) is 6.85. The summed E-state index contributed by atoms with van der Waals surface area (Å²) in [5.74, 6) is 0. The van der Waals surface area contributed by atoms with E-state index in [9.17, 15) is 0 Å². The Balaban J connectivity index is 3.04. The maximum atomic E-state index is 4.07. The molecular formula is C7H11N2. The Morgan fingerprint density at radius 3 is 2.56 bits per heavy atom. The van der Waals surface area contributed by atoms with E-state index in [2.05, 4.69) is 25.2 Å². The van der Waals surface area contributed by atoms with Gasteiger partial charge in [0.2, 0.25) is 0 Å². The Morgan fingerprint density at radius 1 is 1.67 bits per heavy atom. The van der Waals surface area contributed by atoms with Crippen molar-refractivity contribution in [3.8, 4) is 0 Å². The van der Waals surface area contributed by atoms with E-state index in [0.29, 0.717) is 0 Å². The molecule has 2 heteroatoms. The lowest BCUT2D eigenvalue weighted by atomic mass is 10.3. The van der Waals surface area contributed by atoms with Gasteiger partial charge in [0.05, 0.1) is 5.69 Å². The summed E-state index contributed by atoms with van der Waals surface area (Å²) in [7, 11) is 1.96. The first kappa shape index (κ1) is 6.33. The summed E-state index contributed by atoms with van der Waals surface area (Å²) >= 11 is 0. The molecule has 1 rings (SSSR count). The first-order valence-electron chi connectivity index (χ1n) is 3.15. The normalized spacial score (nSPS) is 10.1. The van der Waals surface area contributed by atoms with Crippen LogP contribution in [0, 0.1) is 13.3 Å². The van der Waals surface area contributed by atoms with Crippen molar-refractivity contribution in [2.45, 2.75) is 20.3 Å². The van der Waals surface area contributed by atoms with Gasteiger partial charge in [-0.1, -0.05) is 6.92 Å². The van der Waals surface area contributed by atoms with Gasteiger partial charge in [0.15, 0.2) is 6.33 Å². The highest BCUT2D eigenvalue weighted by atomic mass is 15.0. The third kappa shape index (κ3) is 0.969. The largest absolute Gasteiger partial charge is 0.329 e. The molecule has 1 aromatic rings. The molecule has 0 unspecified atom stereocenters. The van der Waals surface area contributed by atoms with Gasteiger partial charge in [-0.05, 0) is 13.3 Å². The highest BCUT2D eigenvalue weighted by Crippen LogP contribution is 2.02. The van der Waals surface area contributed by atoms with E-state index in [1.165, 1.54) is 5.69 Å². The van der Waals surface area contributed by atoms with Crippen LogP contribution in [0.5, 0.6) is 0 Å². The van der Waals surface area contributed by atoms with E-state index in [-0.39, 0.29) is 0 Å². The molecular weight excluding hydrogens is 112 g/mol. The molecule has 0 saturated heterocycles. The molecule has 0 N–H and O–H groups in total. The number of hydrogen-bond acceptors (Lipinski definition) is 1. The zero-order valence-electron chi connectivity index (χ0n) is 6.10. The first-order valence-corrected chi connectivity index (χ1v) is 3.15. The molecule has 0 aliphatic heterocycles. The van der Waals surface area contributed by atoms with Crippen LogP contribution < -0.4 is 0 Å². The minimum atomic E-state index is 1.00. The van der Waals surface area contributed by atoms with Crippen molar-refractivity contribution in [1.82, 2.24) is 9.55 Å². The molecule has 49 valence electrons. The van der Waals surface area contributed by atoms with Gasteiger partial charge >= 0.3 is 0 Å². The van der Waals surface area contributed by atoms with Gasteiger partial charge in [0.25, 0.3) is 0 Å². The summed E-state index contributed by atoms with van der Waals surface area (Å²) in [5, 5.41) is 0. The fourth-order valence-corrected chi connectivity index (χ4v) is 0.820. The van der Waals surface area contributed by atoms with Crippen molar-refractivity contribution >= 4 is 0 Å². The Morgan fingerprint density at radius 2 is 2.33 bits per heavy atom. The summed E-state index contributed by atoms with van der Waals surface area (Å²) in [6.07, 6.45) is 3.86. The quantitative estimate of drug-likeness (QED) is 0.546. The number of imidazole rings is 1. The van der Waals surface area contributed by atoms with Gasteiger partial charge in [-0.3, -0.25) is 0 Å². The molecule has 0 aromatic carbocycles. The van der Waals surface area contributed by atoms with E-state index >= 15 is 0 Å². The summed E-state index contributed by atoms with van der Waals surface area (Å²) in [4.78, 5) is 4.07. The number of aromatic nitrogens is 2. The lowest BCUT2D eigenvalue weighted by Gasteiger charge is -1.93. The van der Waals surface area contributed by atoms with Crippen molar-refractivity contribution < 1.29 is 0 Å². The van der Waals surface area contributed by atoms with Gasteiger partial charge in [0.1, 0.15) is 0 Å². The Labute approximate surface area is 55.5 Å². The van der Waals surface area contributed by atoms with Gasteiger partial charge in [-0.2, -0.15) is 0 Å². The topological polar surface area (TPSA) is 17.8 Å². The second-order valence-electron chi connectivity index (χ2n) is 2.16. The number of hydrogen-bond donors (Lipinski definition) is 0. The van der Waals surface area contributed by atoms with E-state index < -0.39 is 0 Å². The third-order valence-electron chi connectivity index (χ3n) is 1.59. The van der Waals surface area contributed by atoms with Crippen LogP contribution >= 0.6 is 0 Å². The highest BCUT2D eigenvalue weighted by Gasteiger charge is 1.99. The van der Waals surface area contributed by atoms with Crippen LogP contribution in [0.4, 0.5) is 0 Å². The molecule has 9 heavy (non-hydrogen) atoms. The van der Waals surface area contributed by atoms with Crippen LogP contribution in [0.15, 0.2) is 0 Å². The van der Waals surface area contributed by atoms with E-state index in [0.717, 1.165) is 12.1 Å². The summed E-state index contributed by atoms with van der Waals surface area (Å²) in [5.41, 5.74) is 2.37. The first-order chi connectivity index (χ1) is 4.25. The molecule has 0 atom stereocenters. The second-order valence-corrected chi connectivity index (χ2v) is 2.16. The van der Waals surface area contributed by atoms with Crippen LogP contribution in [0.2, 0.25) is 0 Å². The van der Waals surface area contributed by atoms with Crippen molar-refractivity contribution in [3.05, 3.63) is 17.7 Å². The molecule has 0 aliphatic carbocycles. The lowest BCUT2D eigenvalue weighted by molar-refractivity contribution is 0.859. The van der Waals surface area contributed by atoms with Gasteiger partial charge in [-0.25, -0.2) is 4.98 Å². The molecule has 0 amide bonds. The van der Waals surface area contributed by atoms with Crippen LogP contribution in [0.25, 0.3) is 0 Å². The smallest absolute Gasteiger partial charge is 0.176 e. The highest BCUT2D eigenvalue weighted by molar-refractivity contribution is 5.09. The van der Waals surface area contributed by atoms with Crippen LogP contribution in [0.3, 0.4) is 0 Å². The fourth-order valence-electron chi connectivity index (χ4n) is 0.820. The van der Waals surface area contributed by atoms with Crippen LogP contribution in [0.1, 0.15) is 18.3 Å². The number of nitrogens with zero attached hydrogens (tertiary/aromatic N) is 2. The van der Waals surface area contributed by atoms with E-state index in [1.54, 1.807) is 0 Å². The van der Waals surface area contributed by atoms with Gasteiger partial charge < -0.3 is 4.57 Å². The summed E-state index contributed by atoms with van der Waals surface area (Å²) in [6, 6.07) is 0. The Kier molecular flexibility index (Phi) is 1.56. The molecule has 1 radical (unpaired) electrons. The minimum absolute atomic E-state index is 1.00.